The third kappa shape index (κ3) is 6.98. The summed E-state index contributed by atoms with van der Waals surface area (Å²) < 4.78 is 5.47. The van der Waals surface area contributed by atoms with Crippen molar-refractivity contribution in [3.63, 3.8) is 0 Å². The number of thioether (sulfide) groups is 1. The molecular formula is C10H19BrN2OS. The maximum atomic E-state index is 5.53. The van der Waals surface area contributed by atoms with Gasteiger partial charge in [-0.1, -0.05) is 25.1 Å². The van der Waals surface area contributed by atoms with Crippen molar-refractivity contribution < 1.29 is 4.74 Å². The summed E-state index contributed by atoms with van der Waals surface area (Å²) in [6.07, 6.45) is 5.20. The monoisotopic (exact) mass is 294 g/mol. The van der Waals surface area contributed by atoms with E-state index in [-0.39, 0.29) is 17.0 Å². The zero-order valence-corrected chi connectivity index (χ0v) is 11.6. The number of rotatable bonds is 6. The van der Waals surface area contributed by atoms with Crippen molar-refractivity contribution in [2.45, 2.75) is 26.2 Å². The molecule has 88 valence electrons. The zero-order valence-electron chi connectivity index (χ0n) is 9.07. The number of hydrogen-bond donors (Lipinski definition) is 1. The van der Waals surface area contributed by atoms with Crippen LogP contribution < -0.4 is 5.73 Å². The largest absolute Gasteiger partial charge is 0.381 e. The number of unbranched alkanes of at least 4 members (excludes halogenated alkanes) is 1. The van der Waals surface area contributed by atoms with Crippen LogP contribution >= 0.6 is 28.7 Å². The van der Waals surface area contributed by atoms with E-state index in [1.165, 1.54) is 12.0 Å². The summed E-state index contributed by atoms with van der Waals surface area (Å²) in [7, 11) is 0. The molecule has 1 heterocycles. The van der Waals surface area contributed by atoms with Crippen LogP contribution in [0.4, 0.5) is 0 Å². The number of halogens is 1. The molecule has 0 aromatic rings. The molecule has 3 nitrogen and oxygen atoms in total. The maximum Gasteiger partial charge on any atom is 0.158 e. The Morgan fingerprint density at radius 1 is 1.53 bits per heavy atom. The van der Waals surface area contributed by atoms with Crippen molar-refractivity contribution in [3.05, 3.63) is 11.8 Å². The molecule has 0 bridgehead atoms. The fraction of sp³-hybridized carbons (Fsp3) is 0.700. The van der Waals surface area contributed by atoms with Gasteiger partial charge in [-0.05, 0) is 18.4 Å². The molecule has 0 saturated heterocycles. The lowest BCUT2D eigenvalue weighted by Gasteiger charge is -2.10. The van der Waals surface area contributed by atoms with Crippen molar-refractivity contribution in [2.24, 2.45) is 10.7 Å². The smallest absolute Gasteiger partial charge is 0.158 e. The van der Waals surface area contributed by atoms with Crippen molar-refractivity contribution in [3.8, 4) is 0 Å². The minimum absolute atomic E-state index is 0. The van der Waals surface area contributed by atoms with Crippen LogP contribution in [-0.2, 0) is 4.74 Å². The normalized spacial score (nSPS) is 15.3. The first-order chi connectivity index (χ1) is 6.83. The highest BCUT2D eigenvalue weighted by atomic mass is 79.9. The summed E-state index contributed by atoms with van der Waals surface area (Å²) in [5, 5.41) is 0.667. The summed E-state index contributed by atoms with van der Waals surface area (Å²) >= 11 is 1.60. The Balaban J connectivity index is 0.00000196. The molecule has 0 aromatic carbocycles. The molecule has 15 heavy (non-hydrogen) atoms. The number of amidine groups is 1. The van der Waals surface area contributed by atoms with Crippen LogP contribution in [0, 0.1) is 0 Å². The average Bonchev–Trinajstić information content (AvgIpc) is 2.21. The van der Waals surface area contributed by atoms with Crippen LogP contribution in [0.1, 0.15) is 26.2 Å². The molecule has 1 aliphatic heterocycles. The van der Waals surface area contributed by atoms with Crippen molar-refractivity contribution in [2.75, 3.05) is 19.0 Å². The Labute approximate surface area is 106 Å². The van der Waals surface area contributed by atoms with Gasteiger partial charge in [-0.15, -0.1) is 17.0 Å². The molecule has 1 rings (SSSR count). The predicted octanol–water partition coefficient (Wildman–Crippen LogP) is 2.72. The Kier molecular flexibility index (Phi) is 9.24. The Hall–Kier alpha value is -0.0000000000000000555. The number of nitrogens with zero attached hydrogens (tertiary/aromatic N) is 1. The van der Waals surface area contributed by atoms with Crippen LogP contribution in [0.3, 0.4) is 0 Å². The summed E-state index contributed by atoms with van der Waals surface area (Å²) in [6, 6.07) is 0. The minimum atomic E-state index is 0. The van der Waals surface area contributed by atoms with Gasteiger partial charge in [0.25, 0.3) is 0 Å². The molecule has 0 amide bonds. The van der Waals surface area contributed by atoms with Gasteiger partial charge in [-0.25, -0.2) is 4.99 Å². The van der Waals surface area contributed by atoms with Crippen molar-refractivity contribution in [1.82, 2.24) is 0 Å². The lowest BCUT2D eigenvalue weighted by Crippen LogP contribution is -2.11. The van der Waals surface area contributed by atoms with Crippen LogP contribution in [0.2, 0.25) is 0 Å². The van der Waals surface area contributed by atoms with E-state index < -0.39 is 0 Å². The highest BCUT2D eigenvalue weighted by molar-refractivity contribution is 8.93. The highest BCUT2D eigenvalue weighted by Crippen LogP contribution is 2.16. The number of hydrogen-bond acceptors (Lipinski definition) is 4. The quantitative estimate of drug-likeness (QED) is 0.766. The van der Waals surface area contributed by atoms with Gasteiger partial charge in [0.1, 0.15) is 0 Å². The first-order valence-corrected chi connectivity index (χ1v) is 6.03. The van der Waals surface area contributed by atoms with E-state index in [2.05, 4.69) is 11.9 Å². The lowest BCUT2D eigenvalue weighted by molar-refractivity contribution is 0.134. The van der Waals surface area contributed by atoms with E-state index in [9.17, 15) is 0 Å². The second-order valence-electron chi connectivity index (χ2n) is 3.26. The van der Waals surface area contributed by atoms with Gasteiger partial charge in [0.05, 0.1) is 6.61 Å². The first kappa shape index (κ1) is 15.0. The van der Waals surface area contributed by atoms with Crippen LogP contribution in [-0.4, -0.2) is 24.1 Å². The van der Waals surface area contributed by atoms with Gasteiger partial charge in [-0.2, -0.15) is 0 Å². The fourth-order valence-corrected chi connectivity index (χ4v) is 1.76. The molecule has 0 aliphatic carbocycles. The first-order valence-electron chi connectivity index (χ1n) is 5.04. The Morgan fingerprint density at radius 3 is 2.93 bits per heavy atom. The third-order valence-electron chi connectivity index (χ3n) is 1.99. The molecule has 5 heteroatoms. The minimum Gasteiger partial charge on any atom is -0.381 e. The van der Waals surface area contributed by atoms with Crippen LogP contribution in [0.5, 0.6) is 0 Å². The molecular weight excluding hydrogens is 276 g/mol. The van der Waals surface area contributed by atoms with Crippen molar-refractivity contribution in [1.29, 1.82) is 0 Å². The second-order valence-corrected chi connectivity index (χ2v) is 4.25. The number of ether oxygens (including phenoxy) is 1. The van der Waals surface area contributed by atoms with E-state index in [1.54, 1.807) is 11.8 Å². The second kappa shape index (κ2) is 9.24. The summed E-state index contributed by atoms with van der Waals surface area (Å²) in [4.78, 5) is 4.07. The number of aliphatic imine (C=N–C) groups is 1. The van der Waals surface area contributed by atoms with Gasteiger partial charge in [0.2, 0.25) is 0 Å². The molecule has 0 spiro atoms. The summed E-state index contributed by atoms with van der Waals surface area (Å²) in [5.41, 5.74) is 6.85. The van der Waals surface area contributed by atoms with E-state index in [0.717, 1.165) is 31.8 Å². The maximum absolute atomic E-state index is 5.53. The van der Waals surface area contributed by atoms with Gasteiger partial charge in [0.15, 0.2) is 5.17 Å². The third-order valence-corrected chi connectivity index (χ3v) is 2.91. The summed E-state index contributed by atoms with van der Waals surface area (Å²) in [5.74, 6) is 0.965. The zero-order chi connectivity index (χ0) is 10.2. The Bertz CT molecular complexity index is 231. The molecule has 0 aromatic heterocycles. The highest BCUT2D eigenvalue weighted by Gasteiger charge is 2.04. The van der Waals surface area contributed by atoms with Gasteiger partial charge >= 0.3 is 0 Å². The fourth-order valence-electron chi connectivity index (χ4n) is 1.08. The molecule has 0 radical (unpaired) electrons. The molecule has 2 N–H and O–H groups in total. The Morgan fingerprint density at radius 2 is 2.33 bits per heavy atom. The molecule has 0 saturated carbocycles. The van der Waals surface area contributed by atoms with E-state index >= 15 is 0 Å². The van der Waals surface area contributed by atoms with Crippen LogP contribution in [0.15, 0.2) is 16.8 Å². The molecule has 0 fully saturated rings. The summed E-state index contributed by atoms with van der Waals surface area (Å²) in [6.45, 7) is 3.85. The molecule has 0 unspecified atom stereocenters. The average molecular weight is 295 g/mol. The van der Waals surface area contributed by atoms with E-state index in [4.69, 9.17) is 10.5 Å². The standard InChI is InChI=1S/C10H18N2OS.BrH/c1-2-3-5-13-6-4-9-7-12-10(11)14-8-9;/h7H,2-6,8H2,1H3,(H2,11,12);1H. The lowest BCUT2D eigenvalue weighted by atomic mass is 10.2. The topological polar surface area (TPSA) is 47.6 Å². The number of nitrogens with two attached hydrogens (primary N) is 1. The van der Waals surface area contributed by atoms with Crippen LogP contribution in [0.25, 0.3) is 0 Å². The predicted molar refractivity (Wildman–Crippen MR) is 72.8 cm³/mol. The van der Waals surface area contributed by atoms with Gasteiger partial charge in [0, 0.05) is 18.6 Å². The van der Waals surface area contributed by atoms with Gasteiger partial charge in [-0.3, -0.25) is 0 Å². The van der Waals surface area contributed by atoms with Crippen molar-refractivity contribution >= 4 is 33.9 Å². The molecule has 1 aliphatic rings. The van der Waals surface area contributed by atoms with E-state index in [1.807, 2.05) is 6.20 Å². The van der Waals surface area contributed by atoms with E-state index in [0.29, 0.717) is 5.17 Å². The van der Waals surface area contributed by atoms with Gasteiger partial charge < -0.3 is 10.5 Å². The SMILES string of the molecule is Br.CCCCOCCC1=CN=C(N)SC1. The molecule has 0 atom stereocenters.